The maximum Gasteiger partial charge on any atom is 0.130 e. The molecular weight excluding hydrogens is 203 g/mol. The fourth-order valence-corrected chi connectivity index (χ4v) is 2.05. The highest BCUT2D eigenvalue weighted by Crippen LogP contribution is 2.38. The second-order valence-corrected chi connectivity index (χ2v) is 4.53. The van der Waals surface area contributed by atoms with Gasteiger partial charge in [0.2, 0.25) is 0 Å². The topological polar surface area (TPSA) is 20.2 Å². The van der Waals surface area contributed by atoms with Gasteiger partial charge in [-0.1, -0.05) is 38.5 Å². The smallest absolute Gasteiger partial charge is 0.130 e. The number of hydrogen-bond acceptors (Lipinski definition) is 1. The summed E-state index contributed by atoms with van der Waals surface area (Å²) >= 11 is 0. The maximum absolute atomic E-state index is 14.0. The van der Waals surface area contributed by atoms with Crippen LogP contribution in [0.25, 0.3) is 0 Å². The van der Waals surface area contributed by atoms with Crippen LogP contribution in [0.5, 0.6) is 0 Å². The zero-order valence-electron chi connectivity index (χ0n) is 10.3. The SMILES string of the molecule is CC(C)c1cccc(C2CCC2)c1F.CO. The van der Waals surface area contributed by atoms with Gasteiger partial charge in [0.25, 0.3) is 0 Å². The standard InChI is InChI=1S/C13H17F.CH4O/c1-9(2)11-7-4-8-12(13(11)14)10-5-3-6-10;1-2/h4,7-10H,3,5-6H2,1-2H3;2H,1H3. The molecule has 0 spiro atoms. The molecule has 90 valence electrons. The Balaban J connectivity index is 0.000000606. The first-order chi connectivity index (χ1) is 7.70. The highest BCUT2D eigenvalue weighted by molar-refractivity contribution is 5.31. The number of rotatable bonds is 2. The second-order valence-electron chi connectivity index (χ2n) is 4.53. The predicted molar refractivity (Wildman–Crippen MR) is 65.2 cm³/mol. The molecular formula is C14H21FO. The normalized spacial score (nSPS) is 15.4. The third-order valence-electron chi connectivity index (χ3n) is 3.23. The molecule has 0 amide bonds. The summed E-state index contributed by atoms with van der Waals surface area (Å²) in [7, 11) is 1.00. The fourth-order valence-electron chi connectivity index (χ4n) is 2.05. The van der Waals surface area contributed by atoms with Gasteiger partial charge in [-0.15, -0.1) is 0 Å². The minimum atomic E-state index is 0.0483. The van der Waals surface area contributed by atoms with Crippen LogP contribution in [-0.2, 0) is 0 Å². The molecule has 0 saturated heterocycles. The van der Waals surface area contributed by atoms with E-state index in [1.807, 2.05) is 32.0 Å². The van der Waals surface area contributed by atoms with Gasteiger partial charge in [-0.05, 0) is 35.8 Å². The van der Waals surface area contributed by atoms with Crippen molar-refractivity contribution in [3.8, 4) is 0 Å². The predicted octanol–water partition coefficient (Wildman–Crippen LogP) is 3.83. The first-order valence-electron chi connectivity index (χ1n) is 5.93. The van der Waals surface area contributed by atoms with E-state index in [0.29, 0.717) is 5.92 Å². The molecule has 0 bridgehead atoms. The number of aliphatic hydroxyl groups is 1. The molecule has 1 N–H and O–H groups in total. The summed E-state index contributed by atoms with van der Waals surface area (Å²) < 4.78 is 14.0. The van der Waals surface area contributed by atoms with Gasteiger partial charge in [-0.2, -0.15) is 0 Å². The zero-order valence-corrected chi connectivity index (χ0v) is 10.3. The van der Waals surface area contributed by atoms with Crippen LogP contribution in [0.15, 0.2) is 18.2 Å². The van der Waals surface area contributed by atoms with Crippen LogP contribution in [0.3, 0.4) is 0 Å². The molecule has 0 atom stereocenters. The van der Waals surface area contributed by atoms with Crippen molar-refractivity contribution in [2.75, 3.05) is 7.11 Å². The van der Waals surface area contributed by atoms with Crippen LogP contribution < -0.4 is 0 Å². The summed E-state index contributed by atoms with van der Waals surface area (Å²) in [5, 5.41) is 7.00. The molecule has 0 unspecified atom stereocenters. The van der Waals surface area contributed by atoms with Gasteiger partial charge in [0.15, 0.2) is 0 Å². The molecule has 1 nitrogen and oxygen atoms in total. The number of halogens is 1. The van der Waals surface area contributed by atoms with Gasteiger partial charge in [0, 0.05) is 7.11 Å². The number of aliphatic hydroxyl groups excluding tert-OH is 1. The summed E-state index contributed by atoms with van der Waals surface area (Å²) in [4.78, 5) is 0. The lowest BCUT2D eigenvalue weighted by molar-refractivity contribution is 0.399. The first kappa shape index (κ1) is 13.2. The molecule has 1 fully saturated rings. The van der Waals surface area contributed by atoms with Crippen LogP contribution in [0.2, 0.25) is 0 Å². The van der Waals surface area contributed by atoms with Gasteiger partial charge < -0.3 is 5.11 Å². The van der Waals surface area contributed by atoms with Crippen LogP contribution in [0.4, 0.5) is 4.39 Å². The van der Waals surface area contributed by atoms with E-state index in [9.17, 15) is 4.39 Å². The summed E-state index contributed by atoms with van der Waals surface area (Å²) in [5.41, 5.74) is 1.82. The van der Waals surface area contributed by atoms with E-state index in [1.54, 1.807) is 0 Å². The Hall–Kier alpha value is -0.890. The van der Waals surface area contributed by atoms with Crippen molar-refractivity contribution in [2.45, 2.75) is 44.9 Å². The van der Waals surface area contributed by atoms with E-state index >= 15 is 0 Å². The van der Waals surface area contributed by atoms with Gasteiger partial charge in [-0.3, -0.25) is 0 Å². The average Bonchev–Trinajstić information content (AvgIpc) is 2.21. The lowest BCUT2D eigenvalue weighted by Gasteiger charge is -2.27. The highest BCUT2D eigenvalue weighted by Gasteiger charge is 2.23. The van der Waals surface area contributed by atoms with Gasteiger partial charge in [0.05, 0.1) is 0 Å². The van der Waals surface area contributed by atoms with E-state index in [4.69, 9.17) is 5.11 Å². The summed E-state index contributed by atoms with van der Waals surface area (Å²) in [5.74, 6) is 0.830. The van der Waals surface area contributed by atoms with E-state index in [0.717, 1.165) is 18.2 Å². The largest absolute Gasteiger partial charge is 0.400 e. The molecule has 1 aliphatic rings. The molecule has 2 heteroatoms. The fraction of sp³-hybridized carbons (Fsp3) is 0.571. The summed E-state index contributed by atoms with van der Waals surface area (Å²) in [6, 6.07) is 5.85. The van der Waals surface area contributed by atoms with Crippen molar-refractivity contribution < 1.29 is 9.50 Å². The van der Waals surface area contributed by atoms with Crippen molar-refractivity contribution >= 4 is 0 Å². The molecule has 16 heavy (non-hydrogen) atoms. The Morgan fingerprint density at radius 1 is 1.25 bits per heavy atom. The summed E-state index contributed by atoms with van der Waals surface area (Å²) in [6.07, 6.45) is 3.59. The van der Waals surface area contributed by atoms with Crippen molar-refractivity contribution in [3.05, 3.63) is 35.1 Å². The Morgan fingerprint density at radius 3 is 2.31 bits per heavy atom. The Bertz CT molecular complexity index is 330. The molecule has 1 aromatic rings. The van der Waals surface area contributed by atoms with E-state index < -0.39 is 0 Å². The van der Waals surface area contributed by atoms with Crippen molar-refractivity contribution in [1.82, 2.24) is 0 Å². The third-order valence-corrected chi connectivity index (χ3v) is 3.23. The van der Waals surface area contributed by atoms with Crippen LogP contribution >= 0.6 is 0 Å². The van der Waals surface area contributed by atoms with Crippen molar-refractivity contribution in [2.24, 2.45) is 0 Å². The van der Waals surface area contributed by atoms with Crippen LogP contribution in [-0.4, -0.2) is 12.2 Å². The summed E-state index contributed by atoms with van der Waals surface area (Å²) in [6.45, 7) is 4.09. The Morgan fingerprint density at radius 2 is 1.88 bits per heavy atom. The monoisotopic (exact) mass is 224 g/mol. The maximum atomic E-state index is 14.0. The van der Waals surface area contributed by atoms with Gasteiger partial charge in [0.1, 0.15) is 5.82 Å². The average molecular weight is 224 g/mol. The van der Waals surface area contributed by atoms with Crippen LogP contribution in [0.1, 0.15) is 56.1 Å². The second kappa shape index (κ2) is 6.00. The minimum Gasteiger partial charge on any atom is -0.400 e. The third kappa shape index (κ3) is 2.62. The first-order valence-corrected chi connectivity index (χ1v) is 5.93. The van der Waals surface area contributed by atoms with Crippen LogP contribution in [0, 0.1) is 5.82 Å². The van der Waals surface area contributed by atoms with E-state index in [2.05, 4.69) is 0 Å². The number of benzene rings is 1. The molecule has 0 aliphatic heterocycles. The van der Waals surface area contributed by atoms with Crippen molar-refractivity contribution in [3.63, 3.8) is 0 Å². The molecule has 2 rings (SSSR count). The van der Waals surface area contributed by atoms with E-state index in [-0.39, 0.29) is 11.7 Å². The van der Waals surface area contributed by atoms with E-state index in [1.165, 1.54) is 19.3 Å². The Labute approximate surface area is 97.3 Å². The lowest BCUT2D eigenvalue weighted by atomic mass is 9.79. The lowest BCUT2D eigenvalue weighted by Crippen LogP contribution is -2.12. The molecule has 1 saturated carbocycles. The molecule has 0 aromatic heterocycles. The Kier molecular flexibility index (Phi) is 4.94. The number of hydrogen-bond donors (Lipinski definition) is 1. The molecule has 0 heterocycles. The van der Waals surface area contributed by atoms with Gasteiger partial charge >= 0.3 is 0 Å². The highest BCUT2D eigenvalue weighted by atomic mass is 19.1. The minimum absolute atomic E-state index is 0.0483. The molecule has 1 aliphatic carbocycles. The zero-order chi connectivity index (χ0) is 12.1. The molecule has 1 aromatic carbocycles. The van der Waals surface area contributed by atoms with Crippen molar-refractivity contribution in [1.29, 1.82) is 0 Å². The quantitative estimate of drug-likeness (QED) is 0.809. The van der Waals surface area contributed by atoms with Gasteiger partial charge in [-0.25, -0.2) is 4.39 Å². The molecule has 0 radical (unpaired) electrons.